The van der Waals surface area contributed by atoms with Gasteiger partial charge in [0.15, 0.2) is 9.84 Å². The SMILES string of the molecule is CCN(CC)CCS(=O)(=O)c1cc(N)ccc1C. The van der Waals surface area contributed by atoms with Gasteiger partial charge in [-0.05, 0) is 37.7 Å². The highest BCUT2D eigenvalue weighted by molar-refractivity contribution is 7.91. The van der Waals surface area contributed by atoms with Crippen molar-refractivity contribution < 1.29 is 8.42 Å². The Bertz CT molecular complexity index is 494. The molecular formula is C13H22N2O2S. The molecule has 0 bridgehead atoms. The predicted octanol–water partition coefficient (Wildman–Crippen LogP) is 1.69. The van der Waals surface area contributed by atoms with Crippen molar-refractivity contribution in [2.45, 2.75) is 25.7 Å². The summed E-state index contributed by atoms with van der Waals surface area (Å²) in [6.45, 7) is 8.14. The molecule has 0 aliphatic carbocycles. The number of nitrogen functional groups attached to an aromatic ring is 1. The second-order valence-electron chi connectivity index (χ2n) is 4.37. The number of hydrogen-bond acceptors (Lipinski definition) is 4. The van der Waals surface area contributed by atoms with Gasteiger partial charge in [-0.2, -0.15) is 0 Å². The summed E-state index contributed by atoms with van der Waals surface area (Å²) in [5.74, 6) is 0.138. The average molecular weight is 270 g/mol. The molecule has 4 nitrogen and oxygen atoms in total. The third-order valence-electron chi connectivity index (χ3n) is 3.12. The first-order valence-electron chi connectivity index (χ1n) is 6.22. The van der Waals surface area contributed by atoms with Crippen LogP contribution in [-0.4, -0.2) is 38.7 Å². The third kappa shape index (κ3) is 3.71. The Morgan fingerprint density at radius 3 is 2.39 bits per heavy atom. The summed E-state index contributed by atoms with van der Waals surface area (Å²) in [5, 5.41) is 0. The molecule has 0 amide bonds. The van der Waals surface area contributed by atoms with Crippen LogP contribution in [0.15, 0.2) is 23.1 Å². The van der Waals surface area contributed by atoms with Crippen LogP contribution in [0.5, 0.6) is 0 Å². The zero-order chi connectivity index (χ0) is 13.8. The largest absolute Gasteiger partial charge is 0.399 e. The van der Waals surface area contributed by atoms with Crippen molar-refractivity contribution in [2.24, 2.45) is 0 Å². The maximum Gasteiger partial charge on any atom is 0.179 e. The maximum absolute atomic E-state index is 12.3. The van der Waals surface area contributed by atoms with E-state index < -0.39 is 9.84 Å². The quantitative estimate of drug-likeness (QED) is 0.799. The Balaban J connectivity index is 2.89. The molecule has 18 heavy (non-hydrogen) atoms. The number of nitrogens with zero attached hydrogens (tertiary/aromatic N) is 1. The molecule has 0 fully saturated rings. The van der Waals surface area contributed by atoms with Gasteiger partial charge in [0.2, 0.25) is 0 Å². The molecule has 0 unspecified atom stereocenters. The van der Waals surface area contributed by atoms with Gasteiger partial charge in [-0.15, -0.1) is 0 Å². The van der Waals surface area contributed by atoms with Crippen LogP contribution in [0, 0.1) is 6.92 Å². The molecule has 1 aromatic rings. The van der Waals surface area contributed by atoms with Gasteiger partial charge in [-0.3, -0.25) is 0 Å². The van der Waals surface area contributed by atoms with E-state index in [2.05, 4.69) is 4.90 Å². The zero-order valence-electron chi connectivity index (χ0n) is 11.3. The summed E-state index contributed by atoms with van der Waals surface area (Å²) >= 11 is 0. The number of benzene rings is 1. The predicted molar refractivity (Wildman–Crippen MR) is 75.4 cm³/mol. The summed E-state index contributed by atoms with van der Waals surface area (Å²) < 4.78 is 24.5. The van der Waals surface area contributed by atoms with Crippen LogP contribution in [0.2, 0.25) is 0 Å². The topological polar surface area (TPSA) is 63.4 Å². The zero-order valence-corrected chi connectivity index (χ0v) is 12.1. The second kappa shape index (κ2) is 6.20. The van der Waals surface area contributed by atoms with Crippen LogP contribution in [0.4, 0.5) is 5.69 Å². The summed E-state index contributed by atoms with van der Waals surface area (Å²) in [7, 11) is -3.25. The van der Waals surface area contributed by atoms with E-state index in [9.17, 15) is 8.42 Å². The maximum atomic E-state index is 12.3. The minimum atomic E-state index is -3.25. The number of hydrogen-bond donors (Lipinski definition) is 1. The Morgan fingerprint density at radius 1 is 1.22 bits per heavy atom. The molecular weight excluding hydrogens is 248 g/mol. The summed E-state index contributed by atoms with van der Waals surface area (Å²) in [4.78, 5) is 2.45. The van der Waals surface area contributed by atoms with Crippen LogP contribution in [0.25, 0.3) is 0 Å². The second-order valence-corrected chi connectivity index (χ2v) is 6.45. The Kier molecular flexibility index (Phi) is 5.16. The van der Waals surface area contributed by atoms with Crippen molar-refractivity contribution in [3.8, 4) is 0 Å². The molecule has 0 spiro atoms. The molecule has 0 aliphatic rings. The number of aryl methyl sites for hydroxylation is 1. The van der Waals surface area contributed by atoms with Gasteiger partial charge in [-0.25, -0.2) is 8.42 Å². The molecule has 1 rings (SSSR count). The van der Waals surface area contributed by atoms with Crippen molar-refractivity contribution in [3.63, 3.8) is 0 Å². The summed E-state index contributed by atoms with van der Waals surface area (Å²) in [5.41, 5.74) is 6.90. The Labute approximate surface area is 110 Å². The van der Waals surface area contributed by atoms with Crippen LogP contribution >= 0.6 is 0 Å². The monoisotopic (exact) mass is 270 g/mol. The minimum absolute atomic E-state index is 0.138. The summed E-state index contributed by atoms with van der Waals surface area (Å²) in [6, 6.07) is 5.02. The third-order valence-corrected chi connectivity index (χ3v) is 4.95. The molecule has 1 aromatic carbocycles. The van der Waals surface area contributed by atoms with Gasteiger partial charge in [-0.1, -0.05) is 19.9 Å². The van der Waals surface area contributed by atoms with Gasteiger partial charge in [0, 0.05) is 12.2 Å². The molecule has 0 aromatic heterocycles. The van der Waals surface area contributed by atoms with Crippen LogP contribution in [-0.2, 0) is 9.84 Å². The number of anilines is 1. The molecule has 0 aliphatic heterocycles. The molecule has 0 atom stereocenters. The van der Waals surface area contributed by atoms with E-state index in [-0.39, 0.29) is 5.75 Å². The fourth-order valence-electron chi connectivity index (χ4n) is 1.85. The van der Waals surface area contributed by atoms with E-state index in [0.29, 0.717) is 17.1 Å². The lowest BCUT2D eigenvalue weighted by atomic mass is 10.2. The lowest BCUT2D eigenvalue weighted by Crippen LogP contribution is -2.29. The normalized spacial score (nSPS) is 12.0. The molecule has 5 heteroatoms. The molecule has 0 heterocycles. The molecule has 0 radical (unpaired) electrons. The van der Waals surface area contributed by atoms with E-state index in [4.69, 9.17) is 5.73 Å². The lowest BCUT2D eigenvalue weighted by Gasteiger charge is -2.18. The number of rotatable bonds is 6. The van der Waals surface area contributed by atoms with Crippen LogP contribution < -0.4 is 5.73 Å². The Morgan fingerprint density at radius 2 is 1.83 bits per heavy atom. The molecule has 0 saturated carbocycles. The van der Waals surface area contributed by atoms with E-state index in [1.54, 1.807) is 25.1 Å². The smallest absolute Gasteiger partial charge is 0.179 e. The van der Waals surface area contributed by atoms with Gasteiger partial charge in [0.1, 0.15) is 0 Å². The number of nitrogens with two attached hydrogens (primary N) is 1. The first-order chi connectivity index (χ1) is 8.40. The van der Waals surface area contributed by atoms with Crippen LogP contribution in [0.1, 0.15) is 19.4 Å². The van der Waals surface area contributed by atoms with Crippen molar-refractivity contribution in [1.82, 2.24) is 4.90 Å². The van der Waals surface area contributed by atoms with E-state index >= 15 is 0 Å². The minimum Gasteiger partial charge on any atom is -0.399 e. The van der Waals surface area contributed by atoms with Gasteiger partial charge in [0.05, 0.1) is 10.6 Å². The lowest BCUT2D eigenvalue weighted by molar-refractivity contribution is 0.321. The van der Waals surface area contributed by atoms with E-state index in [1.807, 2.05) is 13.8 Å². The highest BCUT2D eigenvalue weighted by atomic mass is 32.2. The molecule has 2 N–H and O–H groups in total. The van der Waals surface area contributed by atoms with Gasteiger partial charge >= 0.3 is 0 Å². The van der Waals surface area contributed by atoms with Gasteiger partial charge < -0.3 is 10.6 Å². The highest BCUT2D eigenvalue weighted by Gasteiger charge is 2.18. The average Bonchev–Trinajstić information content (AvgIpc) is 2.33. The first kappa shape index (κ1) is 15.0. The molecule has 102 valence electrons. The first-order valence-corrected chi connectivity index (χ1v) is 7.87. The van der Waals surface area contributed by atoms with Crippen molar-refractivity contribution >= 4 is 15.5 Å². The summed E-state index contributed by atoms with van der Waals surface area (Å²) in [6.07, 6.45) is 0. The number of sulfone groups is 1. The van der Waals surface area contributed by atoms with Crippen molar-refractivity contribution in [3.05, 3.63) is 23.8 Å². The van der Waals surface area contributed by atoms with Crippen molar-refractivity contribution in [2.75, 3.05) is 31.1 Å². The molecule has 0 saturated heterocycles. The van der Waals surface area contributed by atoms with Crippen molar-refractivity contribution in [1.29, 1.82) is 0 Å². The standard InChI is InChI=1S/C13H22N2O2S/c1-4-15(5-2)8-9-18(16,17)13-10-12(14)7-6-11(13)3/h6-7,10H,4-5,8-9,14H2,1-3H3. The van der Waals surface area contributed by atoms with Crippen LogP contribution in [0.3, 0.4) is 0 Å². The fraction of sp³-hybridized carbons (Fsp3) is 0.538. The Hall–Kier alpha value is -1.07. The van der Waals surface area contributed by atoms with E-state index in [0.717, 1.165) is 18.7 Å². The van der Waals surface area contributed by atoms with E-state index in [1.165, 1.54) is 0 Å². The highest BCUT2D eigenvalue weighted by Crippen LogP contribution is 2.19. The fourth-order valence-corrected chi connectivity index (χ4v) is 3.44. The van der Waals surface area contributed by atoms with Gasteiger partial charge in [0.25, 0.3) is 0 Å².